The lowest BCUT2D eigenvalue weighted by molar-refractivity contribution is -0.120. The van der Waals surface area contributed by atoms with Gasteiger partial charge < -0.3 is 10.3 Å². The van der Waals surface area contributed by atoms with E-state index in [-0.39, 0.29) is 11.5 Å². The predicted molar refractivity (Wildman–Crippen MR) is 91.7 cm³/mol. The number of amides is 1. The molecule has 0 saturated carbocycles. The van der Waals surface area contributed by atoms with Gasteiger partial charge in [-0.3, -0.25) is 14.5 Å². The second-order valence-electron chi connectivity index (χ2n) is 5.38. The third-order valence-corrected chi connectivity index (χ3v) is 4.14. The Labute approximate surface area is 136 Å². The SMILES string of the molecule is CN(C)C(C(=O)Nc1ccc2cc[nH]c(=O)c2c1)c1cscn1. The highest BCUT2D eigenvalue weighted by Gasteiger charge is 2.24. The van der Waals surface area contributed by atoms with E-state index < -0.39 is 6.04 Å². The fourth-order valence-corrected chi connectivity index (χ4v) is 3.03. The summed E-state index contributed by atoms with van der Waals surface area (Å²) in [6.07, 6.45) is 1.60. The molecule has 0 radical (unpaired) electrons. The van der Waals surface area contributed by atoms with Crippen LogP contribution in [0.4, 0.5) is 5.69 Å². The van der Waals surface area contributed by atoms with Crippen LogP contribution in [0.2, 0.25) is 0 Å². The van der Waals surface area contributed by atoms with Gasteiger partial charge in [-0.25, -0.2) is 4.98 Å². The number of anilines is 1. The molecule has 3 rings (SSSR count). The third-order valence-electron chi connectivity index (χ3n) is 3.54. The number of H-pyrrole nitrogens is 1. The summed E-state index contributed by atoms with van der Waals surface area (Å²) in [6.45, 7) is 0. The van der Waals surface area contributed by atoms with Crippen LogP contribution in [0.25, 0.3) is 10.8 Å². The molecule has 0 saturated heterocycles. The molecule has 23 heavy (non-hydrogen) atoms. The molecule has 0 aliphatic carbocycles. The van der Waals surface area contributed by atoms with Crippen LogP contribution in [0.1, 0.15) is 11.7 Å². The van der Waals surface area contributed by atoms with Gasteiger partial charge in [0, 0.05) is 22.7 Å². The van der Waals surface area contributed by atoms with Crippen LogP contribution in [-0.4, -0.2) is 34.9 Å². The summed E-state index contributed by atoms with van der Waals surface area (Å²) in [7, 11) is 3.66. The van der Waals surface area contributed by atoms with Crippen LogP contribution < -0.4 is 10.9 Å². The lowest BCUT2D eigenvalue weighted by atomic mass is 10.1. The Morgan fingerprint density at radius 1 is 1.35 bits per heavy atom. The molecule has 2 N–H and O–H groups in total. The first-order valence-electron chi connectivity index (χ1n) is 7.03. The van der Waals surface area contributed by atoms with Crippen LogP contribution in [0.5, 0.6) is 0 Å². The minimum absolute atomic E-state index is 0.178. The summed E-state index contributed by atoms with van der Waals surface area (Å²) < 4.78 is 0. The Morgan fingerprint density at radius 3 is 2.87 bits per heavy atom. The Morgan fingerprint density at radius 2 is 2.17 bits per heavy atom. The number of likely N-dealkylation sites (N-methyl/N-ethyl adjacent to an activating group) is 1. The van der Waals surface area contributed by atoms with E-state index in [9.17, 15) is 9.59 Å². The molecule has 1 unspecified atom stereocenters. The van der Waals surface area contributed by atoms with Crippen LogP contribution in [-0.2, 0) is 4.79 Å². The van der Waals surface area contributed by atoms with E-state index in [2.05, 4.69) is 15.3 Å². The molecule has 0 aliphatic heterocycles. The summed E-state index contributed by atoms with van der Waals surface area (Å²) >= 11 is 1.45. The van der Waals surface area contributed by atoms with Gasteiger partial charge in [-0.1, -0.05) is 6.07 Å². The number of carbonyl (C=O) groups excluding carboxylic acids is 1. The molecule has 7 heteroatoms. The number of fused-ring (bicyclic) bond motifs is 1. The lowest BCUT2D eigenvalue weighted by Crippen LogP contribution is -2.32. The molecular formula is C16H16N4O2S. The van der Waals surface area contributed by atoms with Gasteiger partial charge in [0.25, 0.3) is 5.56 Å². The van der Waals surface area contributed by atoms with Gasteiger partial charge >= 0.3 is 0 Å². The molecule has 0 fully saturated rings. The van der Waals surface area contributed by atoms with E-state index in [1.807, 2.05) is 31.6 Å². The minimum atomic E-state index is -0.481. The maximum absolute atomic E-state index is 12.6. The second-order valence-corrected chi connectivity index (χ2v) is 6.10. The van der Waals surface area contributed by atoms with Gasteiger partial charge in [-0.15, -0.1) is 11.3 Å². The normalized spacial score (nSPS) is 12.5. The Bertz CT molecular complexity index is 886. The Balaban J connectivity index is 1.90. The van der Waals surface area contributed by atoms with Crippen molar-refractivity contribution in [2.45, 2.75) is 6.04 Å². The van der Waals surface area contributed by atoms with Crippen molar-refractivity contribution in [2.24, 2.45) is 0 Å². The number of carbonyl (C=O) groups is 1. The zero-order valence-corrected chi connectivity index (χ0v) is 13.6. The summed E-state index contributed by atoms with van der Waals surface area (Å²) in [4.78, 5) is 33.1. The molecule has 118 valence electrons. The van der Waals surface area contributed by atoms with E-state index in [1.54, 1.807) is 28.7 Å². The molecule has 3 aromatic rings. The Kier molecular flexibility index (Phi) is 4.22. The molecule has 1 amide bonds. The van der Waals surface area contributed by atoms with Crippen molar-refractivity contribution in [3.05, 3.63) is 57.4 Å². The highest BCUT2D eigenvalue weighted by molar-refractivity contribution is 7.07. The van der Waals surface area contributed by atoms with Crippen LogP contribution >= 0.6 is 11.3 Å². The van der Waals surface area contributed by atoms with E-state index in [4.69, 9.17) is 0 Å². The maximum atomic E-state index is 12.6. The number of rotatable bonds is 4. The third kappa shape index (κ3) is 3.15. The van der Waals surface area contributed by atoms with Crippen molar-refractivity contribution in [1.29, 1.82) is 0 Å². The molecule has 0 spiro atoms. The number of benzene rings is 1. The summed E-state index contributed by atoms with van der Waals surface area (Å²) in [5, 5.41) is 6.09. The summed E-state index contributed by atoms with van der Waals surface area (Å²) in [5.74, 6) is -0.187. The van der Waals surface area contributed by atoms with E-state index >= 15 is 0 Å². The molecule has 0 aliphatic rings. The average molecular weight is 328 g/mol. The lowest BCUT2D eigenvalue weighted by Gasteiger charge is -2.21. The topological polar surface area (TPSA) is 78.1 Å². The average Bonchev–Trinajstić information content (AvgIpc) is 3.01. The fourth-order valence-electron chi connectivity index (χ4n) is 2.46. The quantitative estimate of drug-likeness (QED) is 0.770. The van der Waals surface area contributed by atoms with Crippen LogP contribution in [0, 0.1) is 0 Å². The highest BCUT2D eigenvalue weighted by Crippen LogP contribution is 2.22. The van der Waals surface area contributed by atoms with Gasteiger partial charge in [0.05, 0.1) is 11.2 Å². The number of aromatic amines is 1. The molecular weight excluding hydrogens is 312 g/mol. The Hall–Kier alpha value is -2.51. The molecule has 0 bridgehead atoms. The second kappa shape index (κ2) is 6.31. The standard InChI is InChI=1S/C16H16N4O2S/c1-20(2)14(13-8-23-9-18-13)16(22)19-11-4-3-10-5-6-17-15(21)12(10)7-11/h3-9,14H,1-2H3,(H,17,21)(H,19,22). The van der Waals surface area contributed by atoms with E-state index in [0.29, 0.717) is 16.8 Å². The van der Waals surface area contributed by atoms with Gasteiger partial charge in [0.15, 0.2) is 0 Å². The van der Waals surface area contributed by atoms with Crippen molar-refractivity contribution in [3.63, 3.8) is 0 Å². The molecule has 1 aromatic carbocycles. The van der Waals surface area contributed by atoms with Gasteiger partial charge in [-0.2, -0.15) is 0 Å². The number of thiazole rings is 1. The number of nitrogens with one attached hydrogen (secondary N) is 2. The minimum Gasteiger partial charge on any atom is -0.329 e. The maximum Gasteiger partial charge on any atom is 0.255 e. The van der Waals surface area contributed by atoms with Crippen molar-refractivity contribution < 1.29 is 4.79 Å². The van der Waals surface area contributed by atoms with Crippen LogP contribution in [0.3, 0.4) is 0 Å². The van der Waals surface area contributed by atoms with Crippen LogP contribution in [0.15, 0.2) is 46.1 Å². The van der Waals surface area contributed by atoms with Crippen molar-refractivity contribution in [1.82, 2.24) is 14.9 Å². The summed E-state index contributed by atoms with van der Waals surface area (Å²) in [6, 6.07) is 6.62. The van der Waals surface area contributed by atoms with Crippen molar-refractivity contribution in [3.8, 4) is 0 Å². The smallest absolute Gasteiger partial charge is 0.255 e. The van der Waals surface area contributed by atoms with Gasteiger partial charge in [0.2, 0.25) is 5.91 Å². The fraction of sp³-hybridized carbons (Fsp3) is 0.188. The number of nitrogens with zero attached hydrogens (tertiary/aromatic N) is 2. The monoisotopic (exact) mass is 328 g/mol. The first kappa shape index (κ1) is 15.4. The molecule has 2 heterocycles. The largest absolute Gasteiger partial charge is 0.329 e. The molecule has 6 nitrogen and oxygen atoms in total. The first-order chi connectivity index (χ1) is 11.1. The molecule has 1 atom stereocenters. The predicted octanol–water partition coefficient (Wildman–Crippen LogP) is 2.23. The number of pyridine rings is 1. The zero-order chi connectivity index (χ0) is 16.4. The highest BCUT2D eigenvalue weighted by atomic mass is 32.1. The zero-order valence-electron chi connectivity index (χ0n) is 12.7. The number of aromatic nitrogens is 2. The number of hydrogen-bond acceptors (Lipinski definition) is 5. The van der Waals surface area contributed by atoms with Crippen molar-refractivity contribution >= 4 is 33.7 Å². The van der Waals surface area contributed by atoms with Gasteiger partial charge in [0.1, 0.15) is 6.04 Å². The van der Waals surface area contributed by atoms with E-state index in [0.717, 1.165) is 5.39 Å². The number of hydrogen-bond donors (Lipinski definition) is 2. The van der Waals surface area contributed by atoms with E-state index in [1.165, 1.54) is 11.3 Å². The van der Waals surface area contributed by atoms with Gasteiger partial charge in [-0.05, 0) is 37.7 Å². The summed E-state index contributed by atoms with van der Waals surface area (Å²) in [5.41, 5.74) is 2.81. The molecule has 2 aromatic heterocycles. The first-order valence-corrected chi connectivity index (χ1v) is 7.97. The van der Waals surface area contributed by atoms with Crippen molar-refractivity contribution in [2.75, 3.05) is 19.4 Å².